The van der Waals surface area contributed by atoms with Crippen LogP contribution in [0.3, 0.4) is 0 Å². The molecule has 75 heavy (non-hydrogen) atoms. The minimum Gasteiger partial charge on any atom is -0.457 e. The number of esters is 2. The van der Waals surface area contributed by atoms with Crippen molar-refractivity contribution in [3.8, 4) is 0 Å². The van der Waals surface area contributed by atoms with Gasteiger partial charge in [0.1, 0.15) is 42.0 Å². The van der Waals surface area contributed by atoms with Crippen molar-refractivity contribution in [2.75, 3.05) is 19.0 Å². The van der Waals surface area contributed by atoms with Gasteiger partial charge in [-0.1, -0.05) is 158 Å². The first kappa shape index (κ1) is 53.3. The fourth-order valence-corrected chi connectivity index (χ4v) is 10.5. The van der Waals surface area contributed by atoms with Gasteiger partial charge in [0.15, 0.2) is 18.5 Å². The topological polar surface area (TPSA) is 155 Å². The number of thioether (sulfide) groups is 1. The number of carbonyl (C=O) groups excluding carboxylic acids is 4. The van der Waals surface area contributed by atoms with Gasteiger partial charge in [0.05, 0.1) is 56.3 Å². The van der Waals surface area contributed by atoms with Crippen LogP contribution in [0.25, 0.3) is 0 Å². The van der Waals surface area contributed by atoms with Crippen LogP contribution in [0.1, 0.15) is 72.7 Å². The number of nitrogens with zero attached hydrogens (tertiary/aromatic N) is 1. The Balaban J connectivity index is 1.09. The first-order valence-electron chi connectivity index (χ1n) is 25.2. The van der Waals surface area contributed by atoms with Crippen LogP contribution in [-0.2, 0) is 73.9 Å². The van der Waals surface area contributed by atoms with Gasteiger partial charge < -0.3 is 42.6 Å². The third-order valence-corrected chi connectivity index (χ3v) is 14.2. The van der Waals surface area contributed by atoms with Crippen LogP contribution in [-0.4, -0.2) is 108 Å². The first-order valence-corrected chi connectivity index (χ1v) is 26.2. The standard InChI is InChI=1S/C60H61NO13S/c1-4-75-60-50(61-56(63)46-27-17-18-28-47(46)57(61)64)53(71-40(3)62)51(67-34-42-21-11-6-12-22-42)49(73-60)38-70-59-55(74-58(65)45-31-29-39(2)30-32-45)54(69-36-44-25-15-8-16-26-44)52(68-35-43-23-13-7-14-24-43)48(72-59)37-66-33-41-19-9-5-10-20-41/h5-32,48-55,59-60H,4,33-38H2,1-3H3/t48-,49-,50-,51-,52-,53-,54+,55-,59-,60+/m1/s1. The van der Waals surface area contributed by atoms with E-state index >= 15 is 0 Å². The fourth-order valence-electron chi connectivity index (χ4n) is 9.51. The minimum absolute atomic E-state index is 0.0203. The second-order valence-electron chi connectivity index (χ2n) is 18.5. The Kier molecular flexibility index (Phi) is 18.3. The molecule has 390 valence electrons. The van der Waals surface area contributed by atoms with E-state index in [1.165, 1.54) is 18.7 Å². The average Bonchev–Trinajstić information content (AvgIpc) is 3.68. The van der Waals surface area contributed by atoms with Gasteiger partial charge in [-0.25, -0.2) is 4.79 Å². The summed E-state index contributed by atoms with van der Waals surface area (Å²) in [5.74, 6) is -1.90. The van der Waals surface area contributed by atoms with Crippen molar-refractivity contribution in [2.45, 2.75) is 108 Å². The quantitative estimate of drug-likeness (QED) is 0.0469. The Labute approximate surface area is 441 Å². The smallest absolute Gasteiger partial charge is 0.338 e. The van der Waals surface area contributed by atoms with Gasteiger partial charge in [0.25, 0.3) is 11.8 Å². The largest absolute Gasteiger partial charge is 0.457 e. The van der Waals surface area contributed by atoms with Crippen molar-refractivity contribution < 1.29 is 61.8 Å². The highest BCUT2D eigenvalue weighted by Gasteiger charge is 2.57. The van der Waals surface area contributed by atoms with Crippen LogP contribution in [0.2, 0.25) is 0 Å². The van der Waals surface area contributed by atoms with E-state index in [9.17, 15) is 19.2 Å². The maximum atomic E-state index is 14.4. The molecule has 14 nitrogen and oxygen atoms in total. The molecule has 2 fully saturated rings. The van der Waals surface area contributed by atoms with E-state index < -0.39 is 84.2 Å². The second-order valence-corrected chi connectivity index (χ2v) is 19.9. The molecule has 0 spiro atoms. The summed E-state index contributed by atoms with van der Waals surface area (Å²) in [7, 11) is 0. The SMILES string of the molecule is CCS[C@@H]1O[C@H](CO[C@@H]2O[C@H](COCc3ccccc3)[C@@H](OCc3ccccc3)[C@H](OCc3ccccc3)[C@H]2OC(=O)c2ccc(C)cc2)[C@@H](OCc2ccccc2)[C@H](OC(C)=O)[C@H]1N1C(=O)c2ccccc2C1=O. The molecule has 2 amide bonds. The second kappa shape index (κ2) is 25.8. The van der Waals surface area contributed by atoms with E-state index in [1.54, 1.807) is 36.4 Å². The first-order chi connectivity index (χ1) is 36.6. The molecule has 0 radical (unpaired) electrons. The molecule has 3 heterocycles. The van der Waals surface area contributed by atoms with Gasteiger partial charge >= 0.3 is 11.9 Å². The summed E-state index contributed by atoms with van der Waals surface area (Å²) in [6.45, 7) is 5.43. The number of carbonyl (C=O) groups is 4. The molecule has 0 unspecified atom stereocenters. The minimum atomic E-state index is -1.35. The molecule has 0 bridgehead atoms. The highest BCUT2D eigenvalue weighted by Crippen LogP contribution is 2.40. The van der Waals surface area contributed by atoms with Crippen molar-refractivity contribution >= 4 is 35.5 Å². The van der Waals surface area contributed by atoms with E-state index in [0.717, 1.165) is 32.7 Å². The number of fused-ring (bicyclic) bond motifs is 1. The van der Waals surface area contributed by atoms with E-state index in [2.05, 4.69) is 0 Å². The molecule has 15 heteroatoms. The molecule has 3 aliphatic heterocycles. The number of amides is 2. The Morgan fingerprint density at radius 2 is 0.987 bits per heavy atom. The third-order valence-electron chi connectivity index (χ3n) is 13.2. The number of aryl methyl sites for hydroxylation is 1. The highest BCUT2D eigenvalue weighted by molar-refractivity contribution is 7.99. The average molecular weight is 1040 g/mol. The van der Waals surface area contributed by atoms with Crippen LogP contribution < -0.4 is 0 Å². The molecule has 3 aliphatic rings. The van der Waals surface area contributed by atoms with Crippen molar-refractivity contribution in [1.82, 2.24) is 4.90 Å². The molecular weight excluding hydrogens is 975 g/mol. The van der Waals surface area contributed by atoms with Crippen LogP contribution in [0.4, 0.5) is 0 Å². The van der Waals surface area contributed by atoms with E-state index in [-0.39, 0.29) is 50.8 Å². The van der Waals surface area contributed by atoms with Gasteiger partial charge in [-0.2, -0.15) is 0 Å². The van der Waals surface area contributed by atoms with Gasteiger partial charge in [-0.3, -0.25) is 19.3 Å². The Hall–Kier alpha value is -6.53. The third kappa shape index (κ3) is 13.3. The summed E-state index contributed by atoms with van der Waals surface area (Å²) in [5.41, 5.74) is 4.30. The van der Waals surface area contributed by atoms with Gasteiger partial charge in [0.2, 0.25) is 0 Å². The summed E-state index contributed by atoms with van der Waals surface area (Å²) in [4.78, 5) is 57.4. The Bertz CT molecular complexity index is 2770. The molecule has 0 saturated carbocycles. The lowest BCUT2D eigenvalue weighted by Crippen LogP contribution is -2.66. The molecule has 0 N–H and O–H groups in total. The molecule has 2 saturated heterocycles. The molecule has 6 aromatic carbocycles. The lowest BCUT2D eigenvalue weighted by atomic mass is 9.95. The molecular formula is C60H61NO13S. The molecule has 10 atom stereocenters. The highest BCUT2D eigenvalue weighted by atomic mass is 32.2. The number of ether oxygens (including phenoxy) is 9. The normalized spacial score (nSPS) is 24.4. The van der Waals surface area contributed by atoms with Crippen molar-refractivity contribution in [2.24, 2.45) is 0 Å². The van der Waals surface area contributed by atoms with Gasteiger partial charge in [0, 0.05) is 6.92 Å². The van der Waals surface area contributed by atoms with Crippen molar-refractivity contribution in [1.29, 1.82) is 0 Å². The summed E-state index contributed by atoms with van der Waals surface area (Å²) in [6, 6.07) is 51.0. The maximum absolute atomic E-state index is 14.4. The maximum Gasteiger partial charge on any atom is 0.338 e. The summed E-state index contributed by atoms with van der Waals surface area (Å²) in [5, 5.41) is 0. The molecule has 0 aliphatic carbocycles. The Morgan fingerprint density at radius 3 is 1.49 bits per heavy atom. The van der Waals surface area contributed by atoms with Crippen LogP contribution in [0.15, 0.2) is 170 Å². The monoisotopic (exact) mass is 1040 g/mol. The van der Waals surface area contributed by atoms with Gasteiger partial charge in [-0.15, -0.1) is 11.8 Å². The van der Waals surface area contributed by atoms with E-state index in [1.807, 2.05) is 147 Å². The Morgan fingerprint density at radius 1 is 0.520 bits per heavy atom. The van der Waals surface area contributed by atoms with E-state index in [4.69, 9.17) is 42.6 Å². The molecule has 6 aromatic rings. The number of hydrogen-bond donors (Lipinski definition) is 0. The molecule has 9 rings (SSSR count). The van der Waals surface area contributed by atoms with Crippen molar-refractivity contribution in [3.05, 3.63) is 214 Å². The zero-order valence-corrected chi connectivity index (χ0v) is 42.9. The summed E-state index contributed by atoms with van der Waals surface area (Å²) in [6.07, 6.45) is -8.77. The van der Waals surface area contributed by atoms with E-state index in [0.29, 0.717) is 11.3 Å². The summed E-state index contributed by atoms with van der Waals surface area (Å²) < 4.78 is 60.4. The predicted octanol–water partition coefficient (Wildman–Crippen LogP) is 9.31. The van der Waals surface area contributed by atoms with Crippen molar-refractivity contribution in [3.63, 3.8) is 0 Å². The predicted molar refractivity (Wildman–Crippen MR) is 279 cm³/mol. The summed E-state index contributed by atoms with van der Waals surface area (Å²) >= 11 is 1.34. The van der Waals surface area contributed by atoms with Crippen LogP contribution >= 0.6 is 11.8 Å². The zero-order valence-electron chi connectivity index (χ0n) is 42.1. The fraction of sp³-hybridized carbons (Fsp3) is 0.333. The van der Waals surface area contributed by atoms with Crippen LogP contribution in [0.5, 0.6) is 0 Å². The van der Waals surface area contributed by atoms with Crippen LogP contribution in [0, 0.1) is 6.92 Å². The lowest BCUT2D eigenvalue weighted by Gasteiger charge is -2.49. The lowest BCUT2D eigenvalue weighted by molar-refractivity contribution is -0.325. The number of hydrogen-bond acceptors (Lipinski definition) is 14. The van der Waals surface area contributed by atoms with Gasteiger partial charge in [-0.05, 0) is 59.2 Å². The zero-order chi connectivity index (χ0) is 52.1. The number of rotatable bonds is 22. The number of benzene rings is 6. The molecule has 0 aromatic heterocycles. The number of imide groups is 1.